The second kappa shape index (κ2) is 10.1. The lowest BCUT2D eigenvalue weighted by Crippen LogP contribution is -2.50. The molecule has 4 rings (SSSR count). The first-order valence-electron chi connectivity index (χ1n) is 11.2. The van der Waals surface area contributed by atoms with Crippen LogP contribution in [0.15, 0.2) is 48.5 Å². The van der Waals surface area contributed by atoms with Gasteiger partial charge in [-0.15, -0.1) is 0 Å². The third-order valence-corrected chi connectivity index (χ3v) is 6.08. The van der Waals surface area contributed by atoms with Gasteiger partial charge in [0.05, 0.1) is 28.4 Å². The third kappa shape index (κ3) is 5.51. The van der Waals surface area contributed by atoms with E-state index in [0.29, 0.717) is 65.5 Å². The monoisotopic (exact) mass is 505 g/mol. The summed E-state index contributed by atoms with van der Waals surface area (Å²) in [4.78, 5) is 32.9. The number of rotatable bonds is 4. The fraction of sp³-hybridized carbons (Fsp3) is 0.320. The number of nitrogens with zero attached hydrogens (tertiary/aromatic N) is 3. The highest BCUT2D eigenvalue weighted by molar-refractivity contribution is 6.35. The molecule has 0 unspecified atom stereocenters. The zero-order valence-corrected chi connectivity index (χ0v) is 19.7. The van der Waals surface area contributed by atoms with Crippen LogP contribution in [0.3, 0.4) is 0 Å². The van der Waals surface area contributed by atoms with Gasteiger partial charge in [-0.2, -0.15) is 13.2 Å². The van der Waals surface area contributed by atoms with Crippen molar-refractivity contribution in [2.75, 3.05) is 32.8 Å². The Labute approximate surface area is 205 Å². The first-order chi connectivity index (χ1) is 16.7. The molecule has 35 heavy (non-hydrogen) atoms. The van der Waals surface area contributed by atoms with Gasteiger partial charge in [-0.25, -0.2) is 9.78 Å². The molecule has 1 saturated heterocycles. The number of ether oxygens (including phenoxy) is 1. The predicted molar refractivity (Wildman–Crippen MR) is 126 cm³/mol. The lowest BCUT2D eigenvalue weighted by atomic mass is 10.1. The van der Waals surface area contributed by atoms with Gasteiger partial charge >= 0.3 is 12.3 Å². The van der Waals surface area contributed by atoms with Crippen LogP contribution in [0.25, 0.3) is 22.2 Å². The highest BCUT2D eigenvalue weighted by atomic mass is 35.5. The van der Waals surface area contributed by atoms with Gasteiger partial charge in [0, 0.05) is 42.7 Å². The minimum absolute atomic E-state index is 0.202. The van der Waals surface area contributed by atoms with E-state index in [-0.39, 0.29) is 12.0 Å². The molecule has 1 fully saturated rings. The molecular weight excluding hydrogens is 483 g/mol. The lowest BCUT2D eigenvalue weighted by molar-refractivity contribution is -0.137. The minimum Gasteiger partial charge on any atom is -0.449 e. The van der Waals surface area contributed by atoms with E-state index in [0.717, 1.165) is 18.6 Å². The van der Waals surface area contributed by atoms with Gasteiger partial charge in [0.15, 0.2) is 0 Å². The third-order valence-electron chi connectivity index (χ3n) is 5.77. The fourth-order valence-electron chi connectivity index (χ4n) is 3.85. The minimum atomic E-state index is -4.43. The van der Waals surface area contributed by atoms with Gasteiger partial charge in [0.25, 0.3) is 5.91 Å². The van der Waals surface area contributed by atoms with Crippen LogP contribution in [0.4, 0.5) is 18.0 Å². The van der Waals surface area contributed by atoms with E-state index >= 15 is 0 Å². The maximum atomic E-state index is 13.1. The highest BCUT2D eigenvalue weighted by Gasteiger charge is 2.30. The summed E-state index contributed by atoms with van der Waals surface area (Å²) in [6, 6.07) is 11.2. The lowest BCUT2D eigenvalue weighted by Gasteiger charge is -2.34. The summed E-state index contributed by atoms with van der Waals surface area (Å²) >= 11 is 6.41. The standard InChI is InChI=1S/C25H23ClF3N3O3/c1-2-13-35-24(34)32-11-9-31(10-12-32)23(33)17-5-8-19-20(26)15-21(30-22(19)14-17)16-3-6-18(7-4-16)25(27,28)29/h3-8,14-15H,2,9-13H2,1H3. The van der Waals surface area contributed by atoms with Gasteiger partial charge < -0.3 is 14.5 Å². The molecule has 0 aliphatic carbocycles. The Bertz CT molecular complexity index is 1240. The molecule has 0 atom stereocenters. The van der Waals surface area contributed by atoms with Crippen molar-refractivity contribution in [2.24, 2.45) is 0 Å². The topological polar surface area (TPSA) is 62.7 Å². The van der Waals surface area contributed by atoms with E-state index in [4.69, 9.17) is 16.3 Å². The van der Waals surface area contributed by atoms with Crippen molar-refractivity contribution in [3.8, 4) is 11.3 Å². The molecule has 1 aliphatic rings. The number of amides is 2. The number of pyridine rings is 1. The molecule has 1 aromatic heterocycles. The van der Waals surface area contributed by atoms with Gasteiger partial charge in [0.1, 0.15) is 0 Å². The Morgan fingerprint density at radius 2 is 1.66 bits per heavy atom. The van der Waals surface area contributed by atoms with Crippen molar-refractivity contribution >= 4 is 34.5 Å². The second-order valence-corrected chi connectivity index (χ2v) is 8.60. The molecule has 2 aromatic carbocycles. The Morgan fingerprint density at radius 3 is 2.29 bits per heavy atom. The average Bonchev–Trinajstić information content (AvgIpc) is 2.86. The number of carbonyl (C=O) groups excluding carboxylic acids is 2. The van der Waals surface area contributed by atoms with Crippen LogP contribution in [-0.2, 0) is 10.9 Å². The molecule has 0 radical (unpaired) electrons. The fourth-order valence-corrected chi connectivity index (χ4v) is 4.12. The Morgan fingerprint density at radius 1 is 1.00 bits per heavy atom. The number of hydrogen-bond donors (Lipinski definition) is 0. The molecule has 2 amide bonds. The number of aromatic nitrogens is 1. The van der Waals surface area contributed by atoms with E-state index in [1.165, 1.54) is 12.1 Å². The Balaban J connectivity index is 1.53. The van der Waals surface area contributed by atoms with Gasteiger partial charge in [0.2, 0.25) is 0 Å². The molecule has 0 bridgehead atoms. The highest BCUT2D eigenvalue weighted by Crippen LogP contribution is 2.33. The van der Waals surface area contributed by atoms with Crippen LogP contribution >= 0.6 is 11.6 Å². The van der Waals surface area contributed by atoms with Gasteiger partial charge in [-0.1, -0.05) is 36.7 Å². The maximum absolute atomic E-state index is 13.1. The first-order valence-corrected chi connectivity index (χ1v) is 11.5. The van der Waals surface area contributed by atoms with E-state index in [9.17, 15) is 22.8 Å². The second-order valence-electron chi connectivity index (χ2n) is 8.19. The molecule has 0 saturated carbocycles. The molecule has 6 nitrogen and oxygen atoms in total. The number of fused-ring (bicyclic) bond motifs is 1. The van der Waals surface area contributed by atoms with Gasteiger partial charge in [-0.05, 0) is 36.8 Å². The normalized spacial score (nSPS) is 14.3. The quantitative estimate of drug-likeness (QED) is 0.444. The van der Waals surface area contributed by atoms with Crippen molar-refractivity contribution < 1.29 is 27.5 Å². The number of carbonyl (C=O) groups is 2. The largest absolute Gasteiger partial charge is 0.449 e. The maximum Gasteiger partial charge on any atom is 0.416 e. The number of hydrogen-bond acceptors (Lipinski definition) is 4. The molecule has 0 N–H and O–H groups in total. The number of piperazine rings is 1. The summed E-state index contributed by atoms with van der Waals surface area (Å²) < 4.78 is 43.8. The molecular formula is C25H23ClF3N3O3. The molecule has 184 valence electrons. The SMILES string of the molecule is CCCOC(=O)N1CCN(C(=O)c2ccc3c(Cl)cc(-c4ccc(C(F)(F)F)cc4)nc3c2)CC1. The zero-order valence-electron chi connectivity index (χ0n) is 18.9. The van der Waals surface area contributed by atoms with Crippen LogP contribution in [0.2, 0.25) is 5.02 Å². The van der Waals surface area contributed by atoms with Crippen molar-refractivity contribution in [1.29, 1.82) is 0 Å². The Kier molecular flexibility index (Phi) is 7.16. The first kappa shape index (κ1) is 24.8. The van der Waals surface area contributed by atoms with Crippen molar-refractivity contribution in [1.82, 2.24) is 14.8 Å². The molecule has 10 heteroatoms. The van der Waals surface area contributed by atoms with Crippen LogP contribution in [0, 0.1) is 0 Å². The summed E-state index contributed by atoms with van der Waals surface area (Å²) in [5.41, 5.74) is 0.997. The van der Waals surface area contributed by atoms with Crippen molar-refractivity contribution in [2.45, 2.75) is 19.5 Å². The molecule has 0 spiro atoms. The summed E-state index contributed by atoms with van der Waals surface area (Å²) in [6.07, 6.45) is -4.06. The van der Waals surface area contributed by atoms with Crippen molar-refractivity contribution in [3.63, 3.8) is 0 Å². The van der Waals surface area contributed by atoms with Crippen LogP contribution < -0.4 is 0 Å². The zero-order chi connectivity index (χ0) is 25.2. The van der Waals surface area contributed by atoms with E-state index in [1.807, 2.05) is 6.92 Å². The Hall–Kier alpha value is -3.33. The molecule has 2 heterocycles. The van der Waals surface area contributed by atoms with Gasteiger partial charge in [-0.3, -0.25) is 4.79 Å². The summed E-state index contributed by atoms with van der Waals surface area (Å²) in [5.74, 6) is -0.202. The van der Waals surface area contributed by atoms with Crippen LogP contribution in [0.5, 0.6) is 0 Å². The van der Waals surface area contributed by atoms with E-state index in [1.54, 1.807) is 34.1 Å². The smallest absolute Gasteiger partial charge is 0.416 e. The summed E-state index contributed by atoms with van der Waals surface area (Å²) in [6.45, 7) is 3.78. The summed E-state index contributed by atoms with van der Waals surface area (Å²) in [7, 11) is 0. The van der Waals surface area contributed by atoms with E-state index < -0.39 is 11.7 Å². The predicted octanol–water partition coefficient (Wildman–Crippen LogP) is 5.88. The average molecular weight is 506 g/mol. The molecule has 3 aromatic rings. The van der Waals surface area contributed by atoms with Crippen LogP contribution in [-0.4, -0.2) is 59.6 Å². The van der Waals surface area contributed by atoms with Crippen LogP contribution in [0.1, 0.15) is 29.3 Å². The van der Waals surface area contributed by atoms with E-state index in [2.05, 4.69) is 4.98 Å². The van der Waals surface area contributed by atoms with Crippen molar-refractivity contribution in [3.05, 3.63) is 64.7 Å². The number of benzene rings is 2. The number of halogens is 4. The summed E-state index contributed by atoms with van der Waals surface area (Å²) in [5, 5.41) is 1.01. The molecule has 1 aliphatic heterocycles. The number of alkyl halides is 3.